The van der Waals surface area contributed by atoms with E-state index < -0.39 is 77.6 Å². The number of ether oxygens (including phenoxy) is 5. The van der Waals surface area contributed by atoms with Crippen molar-refractivity contribution in [2.45, 2.75) is 98.2 Å². The molecule has 2 saturated carbocycles. The summed E-state index contributed by atoms with van der Waals surface area (Å²) in [4.78, 5) is 62.8. The predicted octanol–water partition coefficient (Wildman–Crippen LogP) is 3.81. The Balaban J connectivity index is 2.06. The van der Waals surface area contributed by atoms with Gasteiger partial charge in [0.25, 0.3) is 0 Å². The number of hydrogen-bond acceptors (Lipinski definition) is 10. The van der Waals surface area contributed by atoms with Gasteiger partial charge in [0.1, 0.15) is 24.1 Å². The number of carbonyl (C=O) groups is 5. The molecule has 3 aliphatic rings. The Morgan fingerprint density at radius 1 is 1.02 bits per heavy atom. The number of fused-ring (bicyclic) bond motifs is 1. The van der Waals surface area contributed by atoms with E-state index in [1.165, 1.54) is 26.0 Å². The molecule has 1 aliphatic heterocycles. The molecule has 9 atom stereocenters. The summed E-state index contributed by atoms with van der Waals surface area (Å²) in [6.07, 6.45) is -0.0960. The first kappa shape index (κ1) is 32.2. The zero-order valence-corrected chi connectivity index (χ0v) is 25.2. The summed E-state index contributed by atoms with van der Waals surface area (Å²) in [5.41, 5.74) is 0.942. The van der Waals surface area contributed by atoms with E-state index in [-0.39, 0.29) is 12.2 Å². The van der Waals surface area contributed by atoms with Gasteiger partial charge in [-0.25, -0.2) is 9.59 Å². The second-order valence-corrected chi connectivity index (χ2v) is 11.6. The maximum Gasteiger partial charge on any atom is 0.331 e. The lowest BCUT2D eigenvalue weighted by atomic mass is 9.61. The summed E-state index contributed by atoms with van der Waals surface area (Å²) < 4.78 is 28.5. The number of hydrogen-bond donors (Lipinski definition) is 0. The number of carbonyl (C=O) groups excluding carboxylic acids is 5. The maximum absolute atomic E-state index is 13.4. The lowest BCUT2D eigenvalue weighted by Crippen LogP contribution is -2.57. The van der Waals surface area contributed by atoms with E-state index in [1.807, 2.05) is 13.8 Å². The van der Waals surface area contributed by atoms with Crippen molar-refractivity contribution in [1.29, 1.82) is 0 Å². The van der Waals surface area contributed by atoms with Crippen LogP contribution in [0.4, 0.5) is 0 Å². The molecule has 0 aromatic rings. The highest BCUT2D eigenvalue weighted by Crippen LogP contribution is 2.58. The van der Waals surface area contributed by atoms with Crippen LogP contribution < -0.4 is 0 Å². The number of epoxide rings is 1. The van der Waals surface area contributed by atoms with Gasteiger partial charge in [0.2, 0.25) is 0 Å². The number of allylic oxidation sites excluding steroid dienone is 1. The normalized spacial score (nSPS) is 32.9. The largest absolute Gasteiger partial charge is 0.462 e. The number of rotatable bonds is 10. The van der Waals surface area contributed by atoms with Crippen LogP contribution >= 0.6 is 0 Å². The molecule has 10 heteroatoms. The monoisotopic (exact) mass is 574 g/mol. The van der Waals surface area contributed by atoms with Gasteiger partial charge in [-0.05, 0) is 64.0 Å². The topological polar surface area (TPSA) is 135 Å². The van der Waals surface area contributed by atoms with Gasteiger partial charge in [0, 0.05) is 38.3 Å². The summed E-state index contributed by atoms with van der Waals surface area (Å²) in [5.74, 6) is -4.56. The fraction of sp³-hybridized carbons (Fsp3) is 0.645. The van der Waals surface area contributed by atoms with E-state index in [2.05, 4.69) is 6.58 Å². The molecule has 0 amide bonds. The van der Waals surface area contributed by atoms with Crippen molar-refractivity contribution in [2.75, 3.05) is 6.61 Å². The average Bonchev–Trinajstić information content (AvgIpc) is 3.50. The van der Waals surface area contributed by atoms with Gasteiger partial charge in [0.15, 0.2) is 6.10 Å². The van der Waals surface area contributed by atoms with Gasteiger partial charge in [-0.2, -0.15) is 0 Å². The van der Waals surface area contributed by atoms with Crippen molar-refractivity contribution in [3.8, 4) is 0 Å². The zero-order chi connectivity index (χ0) is 30.8. The molecule has 3 fully saturated rings. The van der Waals surface area contributed by atoms with E-state index >= 15 is 0 Å². The summed E-state index contributed by atoms with van der Waals surface area (Å²) in [7, 11) is 0. The van der Waals surface area contributed by atoms with Crippen molar-refractivity contribution in [2.24, 2.45) is 23.7 Å². The molecule has 0 aromatic carbocycles. The first-order chi connectivity index (χ1) is 19.1. The molecule has 0 bridgehead atoms. The van der Waals surface area contributed by atoms with E-state index in [0.717, 1.165) is 5.57 Å². The summed E-state index contributed by atoms with van der Waals surface area (Å²) in [6, 6.07) is 0. The number of ketones is 1. The van der Waals surface area contributed by atoms with E-state index in [0.29, 0.717) is 24.2 Å². The van der Waals surface area contributed by atoms with Gasteiger partial charge in [-0.3, -0.25) is 14.4 Å². The van der Waals surface area contributed by atoms with E-state index in [9.17, 15) is 24.0 Å². The van der Waals surface area contributed by atoms with Crippen molar-refractivity contribution in [1.82, 2.24) is 0 Å². The number of Topliss-reactive ketones (excluding diaryl/α,β-unsaturated/α-hetero) is 1. The average molecular weight is 575 g/mol. The van der Waals surface area contributed by atoms with Crippen molar-refractivity contribution in [3.05, 3.63) is 35.5 Å². The van der Waals surface area contributed by atoms with Gasteiger partial charge in [0.05, 0.1) is 18.1 Å². The van der Waals surface area contributed by atoms with Crippen LogP contribution in [0.1, 0.15) is 68.2 Å². The third-order valence-electron chi connectivity index (χ3n) is 8.49. The Morgan fingerprint density at radius 3 is 2.15 bits per heavy atom. The maximum atomic E-state index is 13.4. The Bertz CT molecular complexity index is 1160. The fourth-order valence-corrected chi connectivity index (χ4v) is 6.16. The molecule has 1 saturated heterocycles. The second-order valence-electron chi connectivity index (χ2n) is 11.6. The minimum absolute atomic E-state index is 0.103. The van der Waals surface area contributed by atoms with Crippen molar-refractivity contribution in [3.63, 3.8) is 0 Å². The van der Waals surface area contributed by atoms with Crippen LogP contribution in [0.25, 0.3) is 0 Å². The molecular weight excluding hydrogens is 532 g/mol. The highest BCUT2D eigenvalue weighted by atomic mass is 16.6. The molecule has 1 heterocycles. The van der Waals surface area contributed by atoms with Crippen LogP contribution in [-0.2, 0) is 47.7 Å². The minimum atomic E-state index is -1.05. The lowest BCUT2D eigenvalue weighted by molar-refractivity contribution is -0.177. The van der Waals surface area contributed by atoms with Gasteiger partial charge in [-0.15, -0.1) is 0 Å². The zero-order valence-electron chi connectivity index (χ0n) is 25.2. The highest BCUT2D eigenvalue weighted by Gasteiger charge is 2.66. The summed E-state index contributed by atoms with van der Waals surface area (Å²) in [6.45, 7) is 17.7. The molecule has 0 spiro atoms. The van der Waals surface area contributed by atoms with Crippen molar-refractivity contribution < 1.29 is 47.7 Å². The molecule has 10 nitrogen and oxygen atoms in total. The Kier molecular flexibility index (Phi) is 10.00. The Labute approximate surface area is 241 Å². The molecule has 41 heavy (non-hydrogen) atoms. The molecular formula is C31H42O10. The lowest BCUT2D eigenvalue weighted by Gasteiger charge is -2.48. The standard InChI is InChI=1S/C31H42O10/c1-10-15(2)11-24(35)40-29-17(4)22-13-23(34)26(19(6)39-21(8)33)27(22)28(31(9)14-37-31)30(29)41-25(36)12-16(3)18(5)38-20(7)32/h11-12,18-19,22,26-30H,4,10,13-14H2,1-3,5-9H3/t18-,19+,22-,26-,27-,28-,29-,30+,31+/m0/s1. The fourth-order valence-electron chi connectivity index (χ4n) is 6.16. The first-order valence-corrected chi connectivity index (χ1v) is 14.1. The predicted molar refractivity (Wildman–Crippen MR) is 147 cm³/mol. The molecule has 0 aromatic heterocycles. The summed E-state index contributed by atoms with van der Waals surface area (Å²) >= 11 is 0. The van der Waals surface area contributed by atoms with Crippen molar-refractivity contribution >= 4 is 29.7 Å². The first-order valence-electron chi connectivity index (χ1n) is 14.1. The van der Waals surface area contributed by atoms with Gasteiger partial charge < -0.3 is 23.7 Å². The Hall–Kier alpha value is -3.27. The molecule has 226 valence electrons. The van der Waals surface area contributed by atoms with E-state index in [4.69, 9.17) is 23.7 Å². The summed E-state index contributed by atoms with van der Waals surface area (Å²) in [5, 5.41) is 0. The van der Waals surface area contributed by atoms with Crippen LogP contribution in [-0.4, -0.2) is 66.3 Å². The molecule has 0 unspecified atom stereocenters. The molecule has 0 N–H and O–H groups in total. The van der Waals surface area contributed by atoms with Crippen LogP contribution in [0.3, 0.4) is 0 Å². The number of esters is 4. The molecule has 0 radical (unpaired) electrons. The van der Waals surface area contributed by atoms with E-state index in [1.54, 1.807) is 27.7 Å². The third-order valence-corrected chi connectivity index (χ3v) is 8.49. The van der Waals surface area contributed by atoms with Crippen LogP contribution in [0.5, 0.6) is 0 Å². The van der Waals surface area contributed by atoms with Crippen LogP contribution in [0, 0.1) is 23.7 Å². The third kappa shape index (κ3) is 7.33. The minimum Gasteiger partial charge on any atom is -0.462 e. The van der Waals surface area contributed by atoms with Crippen LogP contribution in [0.2, 0.25) is 0 Å². The molecule has 2 aliphatic carbocycles. The van der Waals surface area contributed by atoms with Gasteiger partial charge >= 0.3 is 23.9 Å². The quantitative estimate of drug-likeness (QED) is 0.125. The Morgan fingerprint density at radius 2 is 1.61 bits per heavy atom. The smallest absolute Gasteiger partial charge is 0.331 e. The molecule has 3 rings (SSSR count). The van der Waals surface area contributed by atoms with Gasteiger partial charge in [-0.1, -0.05) is 19.1 Å². The highest BCUT2D eigenvalue weighted by molar-refractivity contribution is 5.87. The second kappa shape index (κ2) is 12.7. The SMILES string of the molecule is C=C1[C@@H]2CC(=O)[C@H]([C@@H](C)OC(C)=O)[C@H]2[C@H]([C@@]2(C)CO2)[C@@H](OC(=O)C=C(C)[C@H](C)OC(C)=O)[C@H]1OC(=O)C=C(C)CC. The van der Waals surface area contributed by atoms with Crippen LogP contribution in [0.15, 0.2) is 35.5 Å².